The zero-order valence-electron chi connectivity index (χ0n) is 12.0. The van der Waals surface area contributed by atoms with Crippen molar-refractivity contribution in [2.24, 2.45) is 0 Å². The van der Waals surface area contributed by atoms with Gasteiger partial charge < -0.3 is 9.80 Å². The van der Waals surface area contributed by atoms with Gasteiger partial charge in [-0.05, 0) is 50.9 Å². The second kappa shape index (κ2) is 6.23. The summed E-state index contributed by atoms with van der Waals surface area (Å²) in [6, 6.07) is 8.59. The van der Waals surface area contributed by atoms with Crippen molar-refractivity contribution in [1.82, 2.24) is 9.88 Å². The minimum atomic E-state index is 0.514. The van der Waals surface area contributed by atoms with Crippen LogP contribution in [0.5, 0.6) is 0 Å². The Labute approximate surface area is 121 Å². The second-order valence-corrected chi connectivity index (χ2v) is 5.81. The molecule has 4 heteroatoms. The number of nitriles is 1. The van der Waals surface area contributed by atoms with Gasteiger partial charge in [-0.1, -0.05) is 12.5 Å². The van der Waals surface area contributed by atoms with Gasteiger partial charge >= 0.3 is 0 Å². The molecule has 2 aliphatic heterocycles. The number of pyridine rings is 1. The fourth-order valence-corrected chi connectivity index (χ4v) is 3.41. The number of hydrogen-bond donors (Lipinski definition) is 0. The molecule has 20 heavy (non-hydrogen) atoms. The van der Waals surface area contributed by atoms with E-state index in [9.17, 15) is 0 Å². The Balaban J connectivity index is 1.59. The van der Waals surface area contributed by atoms with Crippen LogP contribution in [0.1, 0.15) is 37.8 Å². The van der Waals surface area contributed by atoms with E-state index < -0.39 is 0 Å². The molecule has 2 fully saturated rings. The molecule has 4 nitrogen and oxygen atoms in total. The van der Waals surface area contributed by atoms with Crippen LogP contribution in [-0.2, 0) is 0 Å². The van der Waals surface area contributed by atoms with E-state index >= 15 is 0 Å². The molecule has 3 heterocycles. The van der Waals surface area contributed by atoms with Gasteiger partial charge in [-0.25, -0.2) is 4.98 Å². The van der Waals surface area contributed by atoms with E-state index in [-0.39, 0.29) is 0 Å². The van der Waals surface area contributed by atoms with Crippen LogP contribution in [0.3, 0.4) is 0 Å². The van der Waals surface area contributed by atoms with Crippen molar-refractivity contribution in [1.29, 1.82) is 5.26 Å². The lowest BCUT2D eigenvalue weighted by Gasteiger charge is -2.40. The van der Waals surface area contributed by atoms with E-state index in [0.29, 0.717) is 5.69 Å². The van der Waals surface area contributed by atoms with Gasteiger partial charge in [-0.15, -0.1) is 0 Å². The fourth-order valence-electron chi connectivity index (χ4n) is 3.41. The zero-order valence-corrected chi connectivity index (χ0v) is 12.0. The molecule has 3 rings (SSSR count). The smallest absolute Gasteiger partial charge is 0.142 e. The van der Waals surface area contributed by atoms with Crippen LogP contribution in [0, 0.1) is 11.3 Å². The number of hydrogen-bond acceptors (Lipinski definition) is 4. The maximum absolute atomic E-state index is 8.93. The van der Waals surface area contributed by atoms with Crippen molar-refractivity contribution < 1.29 is 0 Å². The summed E-state index contributed by atoms with van der Waals surface area (Å²) in [5.41, 5.74) is 0.514. The molecule has 0 aromatic carbocycles. The van der Waals surface area contributed by atoms with Gasteiger partial charge in [0.05, 0.1) is 0 Å². The predicted octanol–water partition coefficient (Wildman–Crippen LogP) is 2.41. The Kier molecular flexibility index (Phi) is 4.17. The summed E-state index contributed by atoms with van der Waals surface area (Å²) in [5, 5.41) is 8.93. The SMILES string of the molecule is N#Cc1cccc(N2CCC(N3CCCCC3)CC2)n1. The molecule has 106 valence electrons. The number of nitrogens with zero attached hydrogens (tertiary/aromatic N) is 4. The van der Waals surface area contributed by atoms with E-state index in [1.165, 1.54) is 45.2 Å². The maximum atomic E-state index is 8.93. The normalized spacial score (nSPS) is 21.6. The summed E-state index contributed by atoms with van der Waals surface area (Å²) in [7, 11) is 0. The number of likely N-dealkylation sites (tertiary alicyclic amines) is 1. The first-order valence-electron chi connectivity index (χ1n) is 7.73. The Morgan fingerprint density at radius 1 is 1.05 bits per heavy atom. The summed E-state index contributed by atoms with van der Waals surface area (Å²) in [4.78, 5) is 9.40. The Hall–Kier alpha value is -1.60. The highest BCUT2D eigenvalue weighted by molar-refractivity contribution is 5.42. The molecule has 0 bridgehead atoms. The van der Waals surface area contributed by atoms with Crippen molar-refractivity contribution in [3.8, 4) is 6.07 Å². The predicted molar refractivity (Wildman–Crippen MR) is 79.6 cm³/mol. The molecule has 0 aliphatic carbocycles. The zero-order chi connectivity index (χ0) is 13.8. The lowest BCUT2D eigenvalue weighted by molar-refractivity contribution is 0.141. The number of aromatic nitrogens is 1. The van der Waals surface area contributed by atoms with E-state index in [1.54, 1.807) is 6.07 Å². The van der Waals surface area contributed by atoms with Gasteiger partial charge in [0, 0.05) is 19.1 Å². The lowest BCUT2D eigenvalue weighted by Crippen LogP contribution is -2.46. The van der Waals surface area contributed by atoms with E-state index in [2.05, 4.69) is 20.9 Å². The first kappa shape index (κ1) is 13.4. The van der Waals surface area contributed by atoms with Crippen molar-refractivity contribution in [2.45, 2.75) is 38.1 Å². The lowest BCUT2D eigenvalue weighted by atomic mass is 10.00. The highest BCUT2D eigenvalue weighted by Crippen LogP contribution is 2.23. The van der Waals surface area contributed by atoms with Crippen LogP contribution in [-0.4, -0.2) is 42.1 Å². The highest BCUT2D eigenvalue weighted by Gasteiger charge is 2.25. The first-order chi connectivity index (χ1) is 9.86. The van der Waals surface area contributed by atoms with Crippen LogP contribution >= 0.6 is 0 Å². The van der Waals surface area contributed by atoms with Gasteiger partial charge in [0.25, 0.3) is 0 Å². The van der Waals surface area contributed by atoms with Gasteiger partial charge in [-0.3, -0.25) is 0 Å². The molecule has 0 atom stereocenters. The summed E-state index contributed by atoms with van der Waals surface area (Å²) >= 11 is 0. The van der Waals surface area contributed by atoms with Gasteiger partial charge in [0.2, 0.25) is 0 Å². The molecule has 0 unspecified atom stereocenters. The van der Waals surface area contributed by atoms with E-state index in [0.717, 1.165) is 24.9 Å². The van der Waals surface area contributed by atoms with Gasteiger partial charge in [-0.2, -0.15) is 5.26 Å². The molecule has 0 N–H and O–H groups in total. The average molecular weight is 270 g/mol. The first-order valence-corrected chi connectivity index (χ1v) is 7.73. The van der Waals surface area contributed by atoms with Gasteiger partial charge in [0.1, 0.15) is 17.6 Å². The van der Waals surface area contributed by atoms with E-state index in [1.807, 2.05) is 12.1 Å². The molecule has 1 aromatic rings. The van der Waals surface area contributed by atoms with Crippen LogP contribution in [0.2, 0.25) is 0 Å². The minimum Gasteiger partial charge on any atom is -0.356 e. The summed E-state index contributed by atoms with van der Waals surface area (Å²) in [6.45, 7) is 4.69. The molecular formula is C16H22N4. The molecule has 0 saturated carbocycles. The minimum absolute atomic E-state index is 0.514. The standard InChI is InChI=1S/C16H22N4/c17-13-14-5-4-6-16(18-14)20-11-7-15(8-12-20)19-9-2-1-3-10-19/h4-6,15H,1-3,7-12H2. The van der Waals surface area contributed by atoms with Crippen LogP contribution in [0.25, 0.3) is 0 Å². The average Bonchev–Trinajstić information content (AvgIpc) is 2.56. The molecule has 2 aliphatic rings. The topological polar surface area (TPSA) is 43.2 Å². The Morgan fingerprint density at radius 2 is 1.80 bits per heavy atom. The summed E-state index contributed by atoms with van der Waals surface area (Å²) < 4.78 is 0. The molecule has 0 amide bonds. The number of rotatable bonds is 2. The monoisotopic (exact) mass is 270 g/mol. The quantitative estimate of drug-likeness (QED) is 0.827. The largest absolute Gasteiger partial charge is 0.356 e. The summed E-state index contributed by atoms with van der Waals surface area (Å²) in [6.07, 6.45) is 6.58. The third kappa shape index (κ3) is 2.94. The third-order valence-corrected chi connectivity index (χ3v) is 4.54. The second-order valence-electron chi connectivity index (χ2n) is 5.81. The van der Waals surface area contributed by atoms with Crippen molar-refractivity contribution in [2.75, 3.05) is 31.1 Å². The van der Waals surface area contributed by atoms with Crippen LogP contribution in [0.4, 0.5) is 5.82 Å². The maximum Gasteiger partial charge on any atom is 0.142 e. The van der Waals surface area contributed by atoms with Crippen molar-refractivity contribution in [3.05, 3.63) is 23.9 Å². The molecule has 2 saturated heterocycles. The molecular weight excluding hydrogens is 248 g/mol. The Bertz CT molecular complexity index is 479. The molecule has 0 radical (unpaired) electrons. The van der Waals surface area contributed by atoms with Crippen LogP contribution in [0.15, 0.2) is 18.2 Å². The van der Waals surface area contributed by atoms with Crippen molar-refractivity contribution >= 4 is 5.82 Å². The van der Waals surface area contributed by atoms with Crippen LogP contribution < -0.4 is 4.90 Å². The fraction of sp³-hybridized carbons (Fsp3) is 0.625. The number of piperidine rings is 2. The number of anilines is 1. The third-order valence-electron chi connectivity index (χ3n) is 4.54. The Morgan fingerprint density at radius 3 is 2.50 bits per heavy atom. The molecule has 0 spiro atoms. The molecule has 1 aromatic heterocycles. The van der Waals surface area contributed by atoms with Crippen molar-refractivity contribution in [3.63, 3.8) is 0 Å². The van der Waals surface area contributed by atoms with E-state index in [4.69, 9.17) is 5.26 Å². The van der Waals surface area contributed by atoms with Gasteiger partial charge in [0.15, 0.2) is 0 Å². The summed E-state index contributed by atoms with van der Waals surface area (Å²) in [5.74, 6) is 0.959. The highest BCUT2D eigenvalue weighted by atomic mass is 15.2.